The zero-order chi connectivity index (χ0) is 13.1. The molecule has 0 bridgehead atoms. The van der Waals surface area contributed by atoms with Crippen molar-refractivity contribution in [1.82, 2.24) is 24.4 Å². The number of aromatic nitrogens is 5. The molecule has 18 heavy (non-hydrogen) atoms. The summed E-state index contributed by atoms with van der Waals surface area (Å²) in [6.45, 7) is 6.08. The van der Waals surface area contributed by atoms with Gasteiger partial charge in [0.05, 0.1) is 16.7 Å². The van der Waals surface area contributed by atoms with Crippen LogP contribution in [0, 0.1) is 0 Å². The molecule has 0 fully saturated rings. The van der Waals surface area contributed by atoms with Gasteiger partial charge in [0.15, 0.2) is 0 Å². The molecule has 0 radical (unpaired) electrons. The summed E-state index contributed by atoms with van der Waals surface area (Å²) in [5.41, 5.74) is 0.864. The Hall–Kier alpha value is -1.34. The van der Waals surface area contributed by atoms with Crippen LogP contribution in [0.4, 0.5) is 0 Å². The van der Waals surface area contributed by atoms with Gasteiger partial charge in [-0.05, 0) is 31.8 Å². The van der Waals surface area contributed by atoms with Crippen LogP contribution in [-0.4, -0.2) is 29.5 Å². The minimum atomic E-state index is -0.610. The Morgan fingerprint density at radius 2 is 2.22 bits per heavy atom. The molecule has 2 rings (SSSR count). The molecule has 0 amide bonds. The minimum absolute atomic E-state index is 0.236. The van der Waals surface area contributed by atoms with Crippen LogP contribution in [0.3, 0.4) is 0 Å². The van der Waals surface area contributed by atoms with E-state index in [0.717, 1.165) is 22.8 Å². The van der Waals surface area contributed by atoms with Crippen molar-refractivity contribution in [3.05, 3.63) is 22.7 Å². The first-order chi connectivity index (χ1) is 8.63. The van der Waals surface area contributed by atoms with Gasteiger partial charge in [0.1, 0.15) is 12.2 Å². The van der Waals surface area contributed by atoms with Gasteiger partial charge in [0.25, 0.3) is 0 Å². The smallest absolute Gasteiger partial charge is 0.138 e. The maximum atomic E-state index is 10.2. The molecule has 1 N–H and O–H groups in total. The lowest BCUT2D eigenvalue weighted by molar-refractivity contribution is 0.176. The van der Waals surface area contributed by atoms with Crippen LogP contribution in [0.5, 0.6) is 0 Å². The van der Waals surface area contributed by atoms with Crippen molar-refractivity contribution in [3.8, 4) is 0 Å². The molecule has 0 aliphatic heterocycles. The highest BCUT2D eigenvalue weighted by Gasteiger charge is 2.19. The Labute approximate surface area is 110 Å². The van der Waals surface area contributed by atoms with Gasteiger partial charge in [-0.15, -0.1) is 5.10 Å². The summed E-state index contributed by atoms with van der Waals surface area (Å²) < 4.78 is 5.71. The number of aryl methyl sites for hydroxylation is 1. The van der Waals surface area contributed by atoms with Crippen LogP contribution in [0.15, 0.2) is 6.33 Å². The molecule has 2 heterocycles. The standard InChI is InChI=1S/C11H17N5OS/c1-4-8-11(18-15-14-8)9(17)5-10-12-6-13-16(10)7(2)3/h6-7,9,17H,4-5H2,1-3H3. The topological polar surface area (TPSA) is 76.7 Å². The van der Waals surface area contributed by atoms with Gasteiger partial charge < -0.3 is 5.11 Å². The summed E-state index contributed by atoms with van der Waals surface area (Å²) in [4.78, 5) is 5.03. The van der Waals surface area contributed by atoms with Crippen LogP contribution in [0.2, 0.25) is 0 Å². The SMILES string of the molecule is CCc1nnsc1C(O)Cc1ncnn1C(C)C. The second-order valence-electron chi connectivity index (χ2n) is 4.37. The molecule has 7 heteroatoms. The lowest BCUT2D eigenvalue weighted by Gasteiger charge is -2.12. The van der Waals surface area contributed by atoms with Gasteiger partial charge in [-0.3, -0.25) is 0 Å². The molecule has 1 atom stereocenters. The van der Waals surface area contributed by atoms with Gasteiger partial charge in [0, 0.05) is 12.5 Å². The van der Waals surface area contributed by atoms with E-state index >= 15 is 0 Å². The van der Waals surface area contributed by atoms with Crippen molar-refractivity contribution in [2.45, 2.75) is 45.8 Å². The van der Waals surface area contributed by atoms with Crippen molar-refractivity contribution in [2.24, 2.45) is 0 Å². The van der Waals surface area contributed by atoms with E-state index in [9.17, 15) is 5.11 Å². The Morgan fingerprint density at radius 1 is 1.44 bits per heavy atom. The zero-order valence-electron chi connectivity index (χ0n) is 10.7. The average molecular weight is 267 g/mol. The number of nitrogens with zero attached hydrogens (tertiary/aromatic N) is 5. The Morgan fingerprint density at radius 3 is 2.89 bits per heavy atom. The normalized spacial score (nSPS) is 13.2. The number of aliphatic hydroxyl groups is 1. The van der Waals surface area contributed by atoms with E-state index in [-0.39, 0.29) is 6.04 Å². The highest BCUT2D eigenvalue weighted by Crippen LogP contribution is 2.24. The fourth-order valence-electron chi connectivity index (χ4n) is 1.83. The van der Waals surface area contributed by atoms with E-state index in [2.05, 4.69) is 19.7 Å². The third-order valence-corrected chi connectivity index (χ3v) is 3.60. The van der Waals surface area contributed by atoms with Gasteiger partial charge in [-0.25, -0.2) is 9.67 Å². The quantitative estimate of drug-likeness (QED) is 0.889. The maximum absolute atomic E-state index is 10.2. The van der Waals surface area contributed by atoms with Crippen molar-refractivity contribution in [2.75, 3.05) is 0 Å². The van der Waals surface area contributed by atoms with Crippen molar-refractivity contribution < 1.29 is 5.11 Å². The molecule has 0 spiro atoms. The lowest BCUT2D eigenvalue weighted by atomic mass is 10.1. The van der Waals surface area contributed by atoms with Crippen LogP contribution < -0.4 is 0 Å². The molecule has 1 unspecified atom stereocenters. The Balaban J connectivity index is 2.16. The monoisotopic (exact) mass is 267 g/mol. The third-order valence-electron chi connectivity index (χ3n) is 2.73. The summed E-state index contributed by atoms with van der Waals surface area (Å²) in [5, 5.41) is 18.4. The first-order valence-electron chi connectivity index (χ1n) is 6.01. The van der Waals surface area contributed by atoms with Crippen molar-refractivity contribution in [1.29, 1.82) is 0 Å². The van der Waals surface area contributed by atoms with Gasteiger partial charge in [-0.1, -0.05) is 11.4 Å². The summed E-state index contributed by atoms with van der Waals surface area (Å²) in [7, 11) is 0. The van der Waals surface area contributed by atoms with Crippen LogP contribution >= 0.6 is 11.5 Å². The van der Waals surface area contributed by atoms with Crippen molar-refractivity contribution >= 4 is 11.5 Å². The largest absolute Gasteiger partial charge is 0.387 e. The summed E-state index contributed by atoms with van der Waals surface area (Å²) in [6.07, 6.45) is 2.13. The average Bonchev–Trinajstić information content (AvgIpc) is 2.96. The molecule has 0 aliphatic carbocycles. The van der Waals surface area contributed by atoms with Crippen molar-refractivity contribution in [3.63, 3.8) is 0 Å². The Kier molecular flexibility index (Phi) is 4.03. The number of rotatable bonds is 5. The van der Waals surface area contributed by atoms with E-state index in [4.69, 9.17) is 0 Å². The van der Waals surface area contributed by atoms with Gasteiger partial charge in [-0.2, -0.15) is 5.10 Å². The third kappa shape index (κ3) is 2.56. The highest BCUT2D eigenvalue weighted by atomic mass is 32.1. The molecule has 0 saturated carbocycles. The molecular formula is C11H17N5OS. The molecule has 2 aromatic heterocycles. The molecule has 0 aromatic carbocycles. The van der Waals surface area contributed by atoms with E-state index in [1.807, 2.05) is 25.5 Å². The van der Waals surface area contributed by atoms with Gasteiger partial charge in [0.2, 0.25) is 0 Å². The van der Waals surface area contributed by atoms with Crippen LogP contribution in [-0.2, 0) is 12.8 Å². The second-order valence-corrected chi connectivity index (χ2v) is 5.16. The van der Waals surface area contributed by atoms with Crippen LogP contribution in [0.25, 0.3) is 0 Å². The van der Waals surface area contributed by atoms with E-state index in [1.165, 1.54) is 17.9 Å². The fourth-order valence-corrected chi connectivity index (χ4v) is 2.55. The molecule has 6 nitrogen and oxygen atoms in total. The lowest BCUT2D eigenvalue weighted by Crippen LogP contribution is -2.12. The summed E-state index contributed by atoms with van der Waals surface area (Å²) in [6, 6.07) is 0.236. The van der Waals surface area contributed by atoms with E-state index in [1.54, 1.807) is 0 Å². The Bertz CT molecular complexity index is 507. The molecular weight excluding hydrogens is 250 g/mol. The fraction of sp³-hybridized carbons (Fsp3) is 0.636. The predicted molar refractivity (Wildman–Crippen MR) is 68.4 cm³/mol. The van der Waals surface area contributed by atoms with Crippen LogP contribution in [0.1, 0.15) is 49.3 Å². The van der Waals surface area contributed by atoms with E-state index < -0.39 is 6.10 Å². The summed E-state index contributed by atoms with van der Waals surface area (Å²) in [5.74, 6) is 0.785. The summed E-state index contributed by atoms with van der Waals surface area (Å²) >= 11 is 1.25. The van der Waals surface area contributed by atoms with Gasteiger partial charge >= 0.3 is 0 Å². The highest BCUT2D eigenvalue weighted by molar-refractivity contribution is 7.05. The predicted octanol–water partition coefficient (Wildman–Crippen LogP) is 1.55. The first-order valence-corrected chi connectivity index (χ1v) is 6.78. The maximum Gasteiger partial charge on any atom is 0.138 e. The number of hydrogen-bond donors (Lipinski definition) is 1. The second kappa shape index (κ2) is 5.53. The molecule has 0 saturated heterocycles. The number of hydrogen-bond acceptors (Lipinski definition) is 6. The molecule has 0 aliphatic rings. The molecule has 98 valence electrons. The first kappa shape index (κ1) is 13.1. The minimum Gasteiger partial charge on any atom is -0.387 e. The number of aliphatic hydroxyl groups excluding tert-OH is 1. The molecule has 2 aromatic rings. The van der Waals surface area contributed by atoms with E-state index in [0.29, 0.717) is 6.42 Å². The zero-order valence-corrected chi connectivity index (χ0v) is 11.6.